The number of nitrogens with one attached hydrogen (secondary N) is 1. The summed E-state index contributed by atoms with van der Waals surface area (Å²) in [5, 5.41) is 14.7. The Hall–Kier alpha value is -3.80. The predicted molar refractivity (Wildman–Crippen MR) is 118 cm³/mol. The van der Waals surface area contributed by atoms with Crippen LogP contribution in [0.15, 0.2) is 67.0 Å². The van der Waals surface area contributed by atoms with E-state index in [4.69, 9.17) is 4.74 Å². The first-order valence-electron chi connectivity index (χ1n) is 9.80. The Bertz CT molecular complexity index is 1190. The van der Waals surface area contributed by atoms with Crippen molar-refractivity contribution in [1.82, 2.24) is 9.55 Å². The number of carbonyl (C=O) groups is 1. The van der Waals surface area contributed by atoms with E-state index >= 15 is 0 Å². The van der Waals surface area contributed by atoms with Crippen LogP contribution in [-0.2, 0) is 18.3 Å². The van der Waals surface area contributed by atoms with Gasteiger partial charge in [0.15, 0.2) is 0 Å². The summed E-state index contributed by atoms with van der Waals surface area (Å²) in [5.74, 6) is -0.310. The third-order valence-electron chi connectivity index (χ3n) is 5.12. The van der Waals surface area contributed by atoms with Gasteiger partial charge in [-0.3, -0.25) is 4.98 Å². The van der Waals surface area contributed by atoms with E-state index in [1.54, 1.807) is 25.4 Å². The third-order valence-corrected chi connectivity index (χ3v) is 5.12. The van der Waals surface area contributed by atoms with E-state index in [9.17, 15) is 9.90 Å². The second-order valence-corrected chi connectivity index (χ2v) is 6.95. The fourth-order valence-electron chi connectivity index (χ4n) is 3.66. The number of phenols is 1. The van der Waals surface area contributed by atoms with Crippen molar-refractivity contribution in [3.63, 3.8) is 0 Å². The summed E-state index contributed by atoms with van der Waals surface area (Å²) in [6.07, 6.45) is 3.39. The maximum Gasteiger partial charge on any atom is 0.340 e. The first kappa shape index (κ1) is 19.5. The predicted octanol–water partition coefficient (Wildman–Crippen LogP) is 4.73. The van der Waals surface area contributed by atoms with Gasteiger partial charge in [-0.15, -0.1) is 0 Å². The molecule has 0 amide bonds. The van der Waals surface area contributed by atoms with Gasteiger partial charge in [-0.2, -0.15) is 0 Å². The molecule has 6 nitrogen and oxygen atoms in total. The van der Waals surface area contributed by atoms with Crippen molar-refractivity contribution in [3.05, 3.63) is 78.2 Å². The summed E-state index contributed by atoms with van der Waals surface area (Å²) >= 11 is 0. The van der Waals surface area contributed by atoms with E-state index in [0.29, 0.717) is 23.1 Å². The van der Waals surface area contributed by atoms with Gasteiger partial charge in [0.1, 0.15) is 5.75 Å². The molecule has 0 aliphatic carbocycles. The molecule has 4 rings (SSSR count). The third kappa shape index (κ3) is 3.59. The van der Waals surface area contributed by atoms with Gasteiger partial charge >= 0.3 is 5.97 Å². The molecule has 0 aliphatic heterocycles. The summed E-state index contributed by atoms with van der Waals surface area (Å²) in [6.45, 7) is 2.50. The second-order valence-electron chi connectivity index (χ2n) is 6.95. The molecule has 2 aromatic heterocycles. The van der Waals surface area contributed by atoms with Crippen LogP contribution >= 0.6 is 0 Å². The number of rotatable bonds is 6. The van der Waals surface area contributed by atoms with Crippen LogP contribution in [0.4, 0.5) is 5.69 Å². The van der Waals surface area contributed by atoms with E-state index in [1.807, 2.05) is 60.1 Å². The summed E-state index contributed by atoms with van der Waals surface area (Å²) in [7, 11) is 1.91. The molecule has 0 bridgehead atoms. The molecule has 30 heavy (non-hydrogen) atoms. The number of carbonyl (C=O) groups excluding carboxylic acids is 1. The van der Waals surface area contributed by atoms with Crippen LogP contribution in [0.1, 0.15) is 23.0 Å². The molecule has 4 aromatic rings. The average Bonchev–Trinajstić information content (AvgIpc) is 3.04. The van der Waals surface area contributed by atoms with Crippen LogP contribution in [0.25, 0.3) is 22.0 Å². The van der Waals surface area contributed by atoms with Gasteiger partial charge < -0.3 is 19.7 Å². The van der Waals surface area contributed by atoms with Gasteiger partial charge in [0, 0.05) is 47.2 Å². The van der Waals surface area contributed by atoms with Gasteiger partial charge in [-0.05, 0) is 37.3 Å². The van der Waals surface area contributed by atoms with Crippen LogP contribution in [0.3, 0.4) is 0 Å². The van der Waals surface area contributed by atoms with Crippen molar-refractivity contribution in [2.75, 3.05) is 11.9 Å². The maximum atomic E-state index is 12.8. The Morgan fingerprint density at radius 1 is 1.17 bits per heavy atom. The van der Waals surface area contributed by atoms with Crippen LogP contribution in [0, 0.1) is 0 Å². The topological polar surface area (TPSA) is 76.4 Å². The number of ether oxygens (including phenoxy) is 1. The number of aromatic hydroxyl groups is 1. The maximum absolute atomic E-state index is 12.8. The number of nitrogens with zero attached hydrogens (tertiary/aromatic N) is 2. The van der Waals surface area contributed by atoms with Gasteiger partial charge in [0.25, 0.3) is 0 Å². The van der Waals surface area contributed by atoms with Crippen LogP contribution in [-0.4, -0.2) is 27.2 Å². The molecule has 0 spiro atoms. The lowest BCUT2D eigenvalue weighted by Gasteiger charge is -2.10. The van der Waals surface area contributed by atoms with Crippen molar-refractivity contribution in [2.45, 2.75) is 13.5 Å². The fraction of sp³-hybridized carbons (Fsp3) is 0.167. The standard InChI is InChI=1S/C24H23N3O3/c1-3-30-24(29)23-19-13-22(28)18(16-8-7-11-25-14-16)12-20(19)27(2)21(23)15-26-17-9-5-4-6-10-17/h4-14,26,28H,3,15H2,1-2H3. The Balaban J connectivity index is 1.85. The van der Waals surface area contributed by atoms with Crippen LogP contribution in [0.2, 0.25) is 0 Å². The van der Waals surface area contributed by atoms with E-state index < -0.39 is 5.97 Å². The minimum absolute atomic E-state index is 0.0919. The summed E-state index contributed by atoms with van der Waals surface area (Å²) < 4.78 is 7.29. The zero-order valence-electron chi connectivity index (χ0n) is 16.9. The monoisotopic (exact) mass is 401 g/mol. The summed E-state index contributed by atoms with van der Waals surface area (Å²) in [4.78, 5) is 17.0. The highest BCUT2D eigenvalue weighted by Gasteiger charge is 2.24. The molecule has 0 radical (unpaired) electrons. The van der Waals surface area contributed by atoms with E-state index in [2.05, 4.69) is 10.3 Å². The molecule has 152 valence electrons. The Morgan fingerprint density at radius 2 is 1.97 bits per heavy atom. The largest absolute Gasteiger partial charge is 0.507 e. The molecule has 2 N–H and O–H groups in total. The highest BCUT2D eigenvalue weighted by Crippen LogP contribution is 2.37. The van der Waals surface area contributed by atoms with Crippen molar-refractivity contribution >= 4 is 22.6 Å². The number of pyridine rings is 1. The number of hydrogen-bond acceptors (Lipinski definition) is 5. The van der Waals surface area contributed by atoms with Gasteiger partial charge in [-0.1, -0.05) is 24.3 Å². The Labute approximate surface area is 174 Å². The molecule has 2 heterocycles. The zero-order valence-corrected chi connectivity index (χ0v) is 16.9. The highest BCUT2D eigenvalue weighted by molar-refractivity contribution is 6.07. The zero-order chi connectivity index (χ0) is 21.1. The molecule has 0 fully saturated rings. The lowest BCUT2D eigenvalue weighted by atomic mass is 10.0. The van der Waals surface area contributed by atoms with Crippen molar-refractivity contribution in [1.29, 1.82) is 0 Å². The molecule has 0 atom stereocenters. The lowest BCUT2D eigenvalue weighted by molar-refractivity contribution is 0.0527. The average molecular weight is 401 g/mol. The number of benzene rings is 2. The number of hydrogen-bond donors (Lipinski definition) is 2. The molecule has 6 heteroatoms. The van der Waals surface area contributed by atoms with E-state index in [0.717, 1.165) is 22.5 Å². The number of phenolic OH excluding ortho intramolecular Hbond substituents is 1. The molecule has 0 saturated heterocycles. The van der Waals surface area contributed by atoms with Gasteiger partial charge in [0.2, 0.25) is 0 Å². The smallest absolute Gasteiger partial charge is 0.340 e. The van der Waals surface area contributed by atoms with Crippen molar-refractivity contribution in [2.24, 2.45) is 7.05 Å². The van der Waals surface area contributed by atoms with Gasteiger partial charge in [-0.25, -0.2) is 4.79 Å². The minimum atomic E-state index is -0.401. The number of aromatic nitrogens is 2. The van der Waals surface area contributed by atoms with Crippen molar-refractivity contribution < 1.29 is 14.6 Å². The number of aryl methyl sites for hydroxylation is 1. The number of para-hydroxylation sites is 1. The number of anilines is 1. The first-order valence-corrected chi connectivity index (χ1v) is 9.80. The quantitative estimate of drug-likeness (QED) is 0.457. The molecular weight excluding hydrogens is 378 g/mol. The van der Waals surface area contributed by atoms with Crippen molar-refractivity contribution in [3.8, 4) is 16.9 Å². The molecular formula is C24H23N3O3. The first-order chi connectivity index (χ1) is 14.6. The highest BCUT2D eigenvalue weighted by atomic mass is 16.5. The van der Waals surface area contributed by atoms with E-state index in [1.165, 1.54) is 0 Å². The summed E-state index contributed by atoms with van der Waals surface area (Å²) in [6, 6.07) is 17.0. The van der Waals surface area contributed by atoms with Crippen LogP contribution < -0.4 is 5.32 Å². The lowest BCUT2D eigenvalue weighted by Crippen LogP contribution is -2.12. The summed E-state index contributed by atoms with van der Waals surface area (Å²) in [5.41, 5.74) is 4.51. The van der Waals surface area contributed by atoms with E-state index in [-0.39, 0.29) is 12.4 Å². The SMILES string of the molecule is CCOC(=O)c1c(CNc2ccccc2)n(C)c2cc(-c3cccnc3)c(O)cc12. The molecule has 0 saturated carbocycles. The molecule has 0 aliphatic rings. The molecule has 2 aromatic carbocycles. The Morgan fingerprint density at radius 3 is 2.67 bits per heavy atom. The van der Waals surface area contributed by atoms with Crippen LogP contribution in [0.5, 0.6) is 5.75 Å². The molecule has 0 unspecified atom stereocenters. The van der Waals surface area contributed by atoms with Gasteiger partial charge in [0.05, 0.1) is 24.4 Å². The number of esters is 1. The number of fused-ring (bicyclic) bond motifs is 1. The Kier molecular flexibility index (Phi) is 5.39. The minimum Gasteiger partial charge on any atom is -0.507 e. The second kappa shape index (κ2) is 8.29. The normalized spacial score (nSPS) is 10.9. The fourth-order valence-corrected chi connectivity index (χ4v) is 3.66.